The fourth-order valence-corrected chi connectivity index (χ4v) is 3.77. The summed E-state index contributed by atoms with van der Waals surface area (Å²) in [7, 11) is 0. The van der Waals surface area contributed by atoms with Gasteiger partial charge < -0.3 is 9.84 Å². The Morgan fingerprint density at radius 3 is 2.76 bits per heavy atom. The van der Waals surface area contributed by atoms with Crippen LogP contribution in [0.5, 0.6) is 0 Å². The van der Waals surface area contributed by atoms with Crippen molar-refractivity contribution in [3.05, 3.63) is 11.7 Å². The van der Waals surface area contributed by atoms with Gasteiger partial charge in [0.15, 0.2) is 5.82 Å². The number of rotatable bonds is 9. The summed E-state index contributed by atoms with van der Waals surface area (Å²) >= 11 is 1.90. The number of nitrogens with zero attached hydrogens (tertiary/aromatic N) is 2. The summed E-state index contributed by atoms with van der Waals surface area (Å²) in [6.07, 6.45) is 7.46. The quantitative estimate of drug-likeness (QED) is 0.751. The van der Waals surface area contributed by atoms with Crippen LogP contribution in [0.4, 0.5) is 0 Å². The van der Waals surface area contributed by atoms with Crippen LogP contribution in [-0.4, -0.2) is 28.0 Å². The van der Waals surface area contributed by atoms with Crippen LogP contribution < -0.4 is 5.32 Å². The summed E-state index contributed by atoms with van der Waals surface area (Å²) in [5, 5.41) is 8.39. The van der Waals surface area contributed by atoms with Gasteiger partial charge in [-0.15, -0.1) is 0 Å². The van der Waals surface area contributed by atoms with E-state index in [0.29, 0.717) is 11.3 Å². The van der Waals surface area contributed by atoms with Gasteiger partial charge in [-0.25, -0.2) is 0 Å². The molecule has 2 atom stereocenters. The van der Waals surface area contributed by atoms with Crippen LogP contribution in [0.2, 0.25) is 0 Å². The lowest BCUT2D eigenvalue weighted by molar-refractivity contribution is 0.310. The molecule has 1 fully saturated rings. The van der Waals surface area contributed by atoms with E-state index in [2.05, 4.69) is 36.2 Å². The van der Waals surface area contributed by atoms with E-state index in [1.807, 2.05) is 11.8 Å². The van der Waals surface area contributed by atoms with Gasteiger partial charge in [0.1, 0.15) is 0 Å². The van der Waals surface area contributed by atoms with E-state index >= 15 is 0 Å². The molecule has 1 aromatic rings. The van der Waals surface area contributed by atoms with E-state index in [4.69, 9.17) is 4.52 Å². The first-order valence-corrected chi connectivity index (χ1v) is 9.44. The van der Waals surface area contributed by atoms with Crippen LogP contribution >= 0.6 is 11.8 Å². The summed E-state index contributed by atoms with van der Waals surface area (Å²) in [4.78, 5) is 4.57. The molecule has 0 amide bonds. The standard InChI is InChI=1S/C16H29N3OS/c1-4-12(3)21-11-15-18-16(20-19-15)10-14(17-5-2)13-8-6-7-9-13/h12-14,17H,4-11H2,1-3H3. The molecule has 1 aliphatic rings. The predicted molar refractivity (Wildman–Crippen MR) is 88.5 cm³/mol. The topological polar surface area (TPSA) is 51.0 Å². The summed E-state index contributed by atoms with van der Waals surface area (Å²) < 4.78 is 5.45. The zero-order valence-corrected chi connectivity index (χ0v) is 14.4. The number of likely N-dealkylation sites (N-methyl/N-ethyl adjacent to an activating group) is 1. The molecule has 0 saturated heterocycles. The Bertz CT molecular complexity index is 404. The minimum atomic E-state index is 0.494. The Kier molecular flexibility index (Phi) is 7.04. The highest BCUT2D eigenvalue weighted by molar-refractivity contribution is 7.99. The fourth-order valence-electron chi connectivity index (χ4n) is 2.98. The van der Waals surface area contributed by atoms with Gasteiger partial charge in [-0.05, 0) is 31.7 Å². The molecular formula is C16H29N3OS. The fraction of sp³-hybridized carbons (Fsp3) is 0.875. The van der Waals surface area contributed by atoms with Crippen molar-refractivity contribution in [2.75, 3.05) is 6.54 Å². The molecule has 5 heteroatoms. The molecule has 0 radical (unpaired) electrons. The third-order valence-corrected chi connectivity index (χ3v) is 5.74. The second kappa shape index (κ2) is 8.79. The molecule has 1 N–H and O–H groups in total. The monoisotopic (exact) mass is 311 g/mol. The van der Waals surface area contributed by atoms with Crippen LogP contribution in [0.1, 0.15) is 64.6 Å². The van der Waals surface area contributed by atoms with E-state index in [-0.39, 0.29) is 0 Å². The van der Waals surface area contributed by atoms with Gasteiger partial charge in [-0.2, -0.15) is 16.7 Å². The summed E-state index contributed by atoms with van der Waals surface area (Å²) in [5.41, 5.74) is 0. The van der Waals surface area contributed by atoms with Crippen molar-refractivity contribution in [1.82, 2.24) is 15.5 Å². The molecule has 4 nitrogen and oxygen atoms in total. The van der Waals surface area contributed by atoms with Gasteiger partial charge in [0, 0.05) is 17.7 Å². The number of thioether (sulfide) groups is 1. The molecule has 120 valence electrons. The highest BCUT2D eigenvalue weighted by atomic mass is 32.2. The second-order valence-corrected chi connectivity index (χ2v) is 7.47. The number of nitrogens with one attached hydrogen (secondary N) is 1. The van der Waals surface area contributed by atoms with Crippen molar-refractivity contribution in [2.24, 2.45) is 5.92 Å². The smallest absolute Gasteiger partial charge is 0.228 e. The maximum Gasteiger partial charge on any atom is 0.228 e. The van der Waals surface area contributed by atoms with E-state index < -0.39 is 0 Å². The Hall–Kier alpha value is -0.550. The van der Waals surface area contributed by atoms with E-state index in [1.165, 1.54) is 32.1 Å². The molecular weight excluding hydrogens is 282 g/mol. The molecule has 1 saturated carbocycles. The lowest BCUT2D eigenvalue weighted by atomic mass is 9.95. The van der Waals surface area contributed by atoms with Crippen LogP contribution in [-0.2, 0) is 12.2 Å². The van der Waals surface area contributed by atoms with Gasteiger partial charge in [0.2, 0.25) is 5.89 Å². The van der Waals surface area contributed by atoms with Crippen molar-refractivity contribution in [3.63, 3.8) is 0 Å². The van der Waals surface area contributed by atoms with Crippen LogP contribution in [0.3, 0.4) is 0 Å². The van der Waals surface area contributed by atoms with Gasteiger partial charge in [0.25, 0.3) is 0 Å². The molecule has 0 aromatic carbocycles. The highest BCUT2D eigenvalue weighted by Gasteiger charge is 2.26. The molecule has 21 heavy (non-hydrogen) atoms. The molecule has 2 rings (SSSR count). The van der Waals surface area contributed by atoms with Gasteiger partial charge in [-0.1, -0.05) is 38.8 Å². The van der Waals surface area contributed by atoms with E-state index in [0.717, 1.165) is 36.4 Å². The summed E-state index contributed by atoms with van der Waals surface area (Å²) in [5.74, 6) is 3.27. The first-order valence-electron chi connectivity index (χ1n) is 8.39. The van der Waals surface area contributed by atoms with Gasteiger partial charge in [0.05, 0.1) is 5.75 Å². The van der Waals surface area contributed by atoms with Crippen molar-refractivity contribution in [3.8, 4) is 0 Å². The second-order valence-electron chi connectivity index (χ2n) is 6.05. The first kappa shape index (κ1) is 16.8. The molecule has 0 bridgehead atoms. The number of hydrogen-bond acceptors (Lipinski definition) is 5. The minimum Gasteiger partial charge on any atom is -0.339 e. The van der Waals surface area contributed by atoms with Crippen molar-refractivity contribution in [2.45, 2.75) is 76.3 Å². The van der Waals surface area contributed by atoms with Crippen LogP contribution in [0, 0.1) is 5.92 Å². The first-order chi connectivity index (χ1) is 10.2. The van der Waals surface area contributed by atoms with E-state index in [1.54, 1.807) is 0 Å². The van der Waals surface area contributed by atoms with E-state index in [9.17, 15) is 0 Å². The third kappa shape index (κ3) is 5.29. The molecule has 1 heterocycles. The third-order valence-electron chi connectivity index (χ3n) is 4.41. The minimum absolute atomic E-state index is 0.494. The maximum absolute atomic E-state index is 5.45. The molecule has 0 aliphatic heterocycles. The number of hydrogen-bond donors (Lipinski definition) is 1. The zero-order chi connectivity index (χ0) is 15.1. The summed E-state index contributed by atoms with van der Waals surface area (Å²) in [6.45, 7) is 7.63. The highest BCUT2D eigenvalue weighted by Crippen LogP contribution is 2.29. The Balaban J connectivity index is 1.86. The Morgan fingerprint density at radius 1 is 1.33 bits per heavy atom. The van der Waals surface area contributed by atoms with Gasteiger partial charge >= 0.3 is 0 Å². The lowest BCUT2D eigenvalue weighted by Gasteiger charge is -2.22. The normalized spacial score (nSPS) is 19.0. The zero-order valence-electron chi connectivity index (χ0n) is 13.6. The van der Waals surface area contributed by atoms with Gasteiger partial charge in [-0.3, -0.25) is 0 Å². The summed E-state index contributed by atoms with van der Waals surface area (Å²) in [6, 6.07) is 0.494. The Morgan fingerprint density at radius 2 is 2.10 bits per heavy atom. The average Bonchev–Trinajstić information content (AvgIpc) is 3.15. The van der Waals surface area contributed by atoms with Crippen molar-refractivity contribution in [1.29, 1.82) is 0 Å². The average molecular weight is 311 g/mol. The van der Waals surface area contributed by atoms with Crippen LogP contribution in [0.25, 0.3) is 0 Å². The SMILES string of the molecule is CCNC(Cc1nc(CSC(C)CC)no1)C1CCCC1. The van der Waals surface area contributed by atoms with Crippen molar-refractivity contribution >= 4 is 11.8 Å². The predicted octanol–water partition coefficient (Wildman–Crippen LogP) is 3.81. The molecule has 0 spiro atoms. The van der Waals surface area contributed by atoms with Crippen molar-refractivity contribution < 1.29 is 4.52 Å². The Labute approximate surface area is 132 Å². The maximum atomic E-state index is 5.45. The lowest BCUT2D eigenvalue weighted by Crippen LogP contribution is -2.37. The number of aromatic nitrogens is 2. The van der Waals surface area contributed by atoms with Crippen LogP contribution in [0.15, 0.2) is 4.52 Å². The molecule has 1 aliphatic carbocycles. The largest absolute Gasteiger partial charge is 0.339 e. The molecule has 2 unspecified atom stereocenters. The molecule has 1 aromatic heterocycles.